The van der Waals surface area contributed by atoms with Gasteiger partial charge in [0.1, 0.15) is 25.6 Å². The van der Waals surface area contributed by atoms with Gasteiger partial charge in [-0.1, -0.05) is 10.3 Å². The minimum Gasteiger partial charge on any atom is -0.461 e. The molecule has 0 spiro atoms. The third kappa shape index (κ3) is 6.71. The van der Waals surface area contributed by atoms with E-state index in [-0.39, 0.29) is 46.3 Å². The third-order valence-electron chi connectivity index (χ3n) is 3.24. The maximum Gasteiger partial charge on any atom is 0.362 e. The summed E-state index contributed by atoms with van der Waals surface area (Å²) in [4.78, 5) is 53.8. The highest BCUT2D eigenvalue weighted by molar-refractivity contribution is 7.14. The molecule has 15 heteroatoms. The molecule has 0 radical (unpaired) electrons. The van der Waals surface area contributed by atoms with Crippen molar-refractivity contribution in [1.29, 1.82) is 0 Å². The average molecular weight is 485 g/mol. The van der Waals surface area contributed by atoms with Crippen LogP contribution >= 0.6 is 22.7 Å². The predicted octanol–water partition coefficient (Wildman–Crippen LogP) is 2.07. The second-order valence-corrected chi connectivity index (χ2v) is 7.06. The van der Waals surface area contributed by atoms with Crippen molar-refractivity contribution < 1.29 is 33.5 Å². The molecule has 13 nitrogen and oxygen atoms in total. The lowest BCUT2D eigenvalue weighted by Gasteiger charge is -2.03. The van der Waals surface area contributed by atoms with Crippen LogP contribution in [0, 0.1) is 0 Å². The summed E-state index contributed by atoms with van der Waals surface area (Å²) in [5.74, 6) is -1.41. The zero-order valence-corrected chi connectivity index (χ0v) is 19.2. The maximum atomic E-state index is 12.3. The Hall–Kier alpha value is -3.59. The van der Waals surface area contributed by atoms with E-state index in [1.807, 2.05) is 0 Å². The second kappa shape index (κ2) is 12.3. The predicted molar refractivity (Wildman–Crippen MR) is 117 cm³/mol. The molecular formula is C17H20N6O7S2. The number of aromatic nitrogens is 2. The molecule has 32 heavy (non-hydrogen) atoms. The highest BCUT2D eigenvalue weighted by Crippen LogP contribution is 2.20. The molecule has 0 aliphatic carbocycles. The van der Waals surface area contributed by atoms with Gasteiger partial charge in [-0.2, -0.15) is 0 Å². The van der Waals surface area contributed by atoms with Gasteiger partial charge in [0.25, 0.3) is 0 Å². The van der Waals surface area contributed by atoms with Crippen molar-refractivity contribution in [2.75, 3.05) is 38.1 Å². The number of nitrogens with zero attached hydrogens (tertiary/aromatic N) is 4. The van der Waals surface area contributed by atoms with Gasteiger partial charge in [0, 0.05) is 10.8 Å². The van der Waals surface area contributed by atoms with Crippen molar-refractivity contribution in [2.24, 2.45) is 10.3 Å². The Labute approximate surface area is 190 Å². The lowest BCUT2D eigenvalue weighted by molar-refractivity contribution is -0.136. The van der Waals surface area contributed by atoms with Gasteiger partial charge < -0.3 is 19.1 Å². The van der Waals surface area contributed by atoms with Crippen LogP contribution in [0.4, 0.5) is 15.1 Å². The quantitative estimate of drug-likeness (QED) is 0.292. The first-order valence-corrected chi connectivity index (χ1v) is 10.8. The Balaban J connectivity index is 2.06. The van der Waals surface area contributed by atoms with Crippen LogP contribution in [-0.2, 0) is 28.7 Å². The van der Waals surface area contributed by atoms with Gasteiger partial charge in [-0.05, 0) is 13.8 Å². The van der Waals surface area contributed by atoms with Crippen LogP contribution in [0.15, 0.2) is 21.1 Å². The number of nitrogens with one attached hydrogen (secondary N) is 2. The molecule has 2 aromatic heterocycles. The fourth-order valence-corrected chi connectivity index (χ4v) is 3.44. The highest BCUT2D eigenvalue weighted by atomic mass is 32.1. The highest BCUT2D eigenvalue weighted by Gasteiger charge is 2.22. The van der Waals surface area contributed by atoms with Crippen LogP contribution in [0.25, 0.3) is 0 Å². The molecule has 0 aromatic carbocycles. The first kappa shape index (κ1) is 24.7. The number of anilines is 2. The van der Waals surface area contributed by atoms with E-state index in [1.165, 1.54) is 25.0 Å². The lowest BCUT2D eigenvalue weighted by atomic mass is 10.3. The largest absolute Gasteiger partial charge is 0.461 e. The maximum absolute atomic E-state index is 12.3. The number of carbonyl (C=O) groups excluding carboxylic acids is 3. The van der Waals surface area contributed by atoms with E-state index >= 15 is 0 Å². The van der Waals surface area contributed by atoms with Crippen molar-refractivity contribution in [3.63, 3.8) is 0 Å². The molecule has 0 saturated heterocycles. The van der Waals surface area contributed by atoms with Crippen LogP contribution in [0.3, 0.4) is 0 Å². The van der Waals surface area contributed by atoms with E-state index in [0.29, 0.717) is 0 Å². The summed E-state index contributed by atoms with van der Waals surface area (Å²) < 4.78 is 9.82. The van der Waals surface area contributed by atoms with Gasteiger partial charge in [0.15, 0.2) is 10.3 Å². The lowest BCUT2D eigenvalue weighted by Crippen LogP contribution is -2.22. The van der Waals surface area contributed by atoms with Gasteiger partial charge in [-0.15, -0.1) is 22.7 Å². The van der Waals surface area contributed by atoms with Crippen LogP contribution in [-0.4, -0.2) is 66.8 Å². The van der Waals surface area contributed by atoms with E-state index in [2.05, 4.69) is 40.6 Å². The smallest absolute Gasteiger partial charge is 0.362 e. The van der Waals surface area contributed by atoms with Gasteiger partial charge in [-0.3, -0.25) is 10.6 Å². The summed E-state index contributed by atoms with van der Waals surface area (Å²) in [6, 6.07) is -0.644. The van der Waals surface area contributed by atoms with Crippen LogP contribution in [0.1, 0.15) is 25.2 Å². The molecule has 0 aliphatic rings. The number of amides is 2. The van der Waals surface area contributed by atoms with E-state index < -0.39 is 18.0 Å². The van der Waals surface area contributed by atoms with Gasteiger partial charge >= 0.3 is 18.0 Å². The van der Waals surface area contributed by atoms with E-state index in [9.17, 15) is 14.4 Å². The minimum atomic E-state index is -0.707. The van der Waals surface area contributed by atoms with Crippen molar-refractivity contribution >= 4 is 62.3 Å². The number of carbonyl (C=O) groups is 3. The molecule has 2 N–H and O–H groups in total. The average Bonchev–Trinajstić information content (AvgIpc) is 3.40. The summed E-state index contributed by atoms with van der Waals surface area (Å²) in [5.41, 5.74) is 0.0917. The molecular weight excluding hydrogens is 464 g/mol. The molecule has 172 valence electrons. The zero-order chi connectivity index (χ0) is 23.5. The monoisotopic (exact) mass is 484 g/mol. The van der Waals surface area contributed by atoms with E-state index in [1.54, 1.807) is 13.8 Å². The van der Waals surface area contributed by atoms with Crippen molar-refractivity contribution in [3.05, 3.63) is 22.1 Å². The molecule has 2 aromatic rings. The number of urea groups is 1. The first-order chi connectivity index (χ1) is 15.4. The zero-order valence-electron chi connectivity index (χ0n) is 17.5. The molecule has 0 saturated carbocycles. The molecule has 0 bridgehead atoms. The summed E-state index contributed by atoms with van der Waals surface area (Å²) in [5, 5.41) is 15.7. The fourth-order valence-electron chi connectivity index (χ4n) is 2.06. The van der Waals surface area contributed by atoms with Crippen LogP contribution < -0.4 is 10.6 Å². The SMILES string of the molecule is CCOC(=O)C(=NOC)c1csc(NC(=O)Nc2nc(C(=NOC)C(=O)OCC)cs2)n1. The number of hydrogen-bond donors (Lipinski definition) is 2. The van der Waals surface area contributed by atoms with E-state index in [4.69, 9.17) is 9.47 Å². The Morgan fingerprint density at radius 3 is 1.59 bits per heavy atom. The number of rotatable bonds is 10. The number of ether oxygens (including phenoxy) is 2. The van der Waals surface area contributed by atoms with Gasteiger partial charge in [0.05, 0.1) is 13.2 Å². The Bertz CT molecular complexity index is 938. The molecule has 0 unspecified atom stereocenters. The van der Waals surface area contributed by atoms with Crippen LogP contribution in [0.2, 0.25) is 0 Å². The fraction of sp³-hybridized carbons (Fsp3) is 0.353. The summed E-state index contributed by atoms with van der Waals surface area (Å²) in [6.45, 7) is 3.62. The molecule has 0 aliphatic heterocycles. The molecule has 2 amide bonds. The van der Waals surface area contributed by atoms with Crippen molar-refractivity contribution in [2.45, 2.75) is 13.8 Å². The Morgan fingerprint density at radius 1 is 0.844 bits per heavy atom. The summed E-state index contributed by atoms with van der Waals surface area (Å²) in [6.07, 6.45) is 0. The van der Waals surface area contributed by atoms with E-state index in [0.717, 1.165) is 22.7 Å². The van der Waals surface area contributed by atoms with Crippen molar-refractivity contribution in [1.82, 2.24) is 9.97 Å². The minimum absolute atomic E-state index is 0.132. The molecule has 2 rings (SSSR count). The normalized spacial score (nSPS) is 11.5. The Kier molecular flexibility index (Phi) is 9.49. The standard InChI is InChI=1S/C17H20N6O7S2/c1-5-29-13(24)11(22-27-3)9-7-31-16(18-9)20-15(26)21-17-19-10(8-32-17)12(23-28-4)14(25)30-6-2/h7-8H,5-6H2,1-4H3,(H2,18,19,20,21,26). The van der Waals surface area contributed by atoms with Gasteiger partial charge in [-0.25, -0.2) is 24.4 Å². The van der Waals surface area contributed by atoms with Crippen LogP contribution in [0.5, 0.6) is 0 Å². The number of oxime groups is 2. The molecule has 2 heterocycles. The third-order valence-corrected chi connectivity index (χ3v) is 4.75. The first-order valence-electron chi connectivity index (χ1n) is 8.99. The van der Waals surface area contributed by atoms with Crippen molar-refractivity contribution in [3.8, 4) is 0 Å². The van der Waals surface area contributed by atoms with Gasteiger partial charge in [0.2, 0.25) is 11.4 Å². The number of esters is 2. The molecule has 0 atom stereocenters. The molecule has 0 fully saturated rings. The topological polar surface area (TPSA) is 163 Å². The second-order valence-electron chi connectivity index (χ2n) is 5.34. The summed E-state index contributed by atoms with van der Waals surface area (Å²) in [7, 11) is 2.57. The number of hydrogen-bond acceptors (Lipinski definition) is 13. The Morgan fingerprint density at radius 2 is 1.25 bits per heavy atom. The number of thiazole rings is 2. The summed E-state index contributed by atoms with van der Waals surface area (Å²) >= 11 is 2.13.